The predicted octanol–water partition coefficient (Wildman–Crippen LogP) is -3.69. The molecule has 2 unspecified atom stereocenters. The van der Waals surface area contributed by atoms with Gasteiger partial charge in [0.1, 0.15) is 24.4 Å². The van der Waals surface area contributed by atoms with Gasteiger partial charge in [0.2, 0.25) is 0 Å². The first kappa shape index (κ1) is 30.7. The predicted molar refractivity (Wildman–Crippen MR) is 113 cm³/mol. The molecule has 0 amide bonds. The minimum atomic E-state index is -2.45. The highest BCUT2D eigenvalue weighted by Crippen LogP contribution is 2.40. The highest BCUT2D eigenvalue weighted by atomic mass is 16.9. The lowest BCUT2D eigenvalue weighted by atomic mass is 9.86. The van der Waals surface area contributed by atoms with Crippen molar-refractivity contribution in [2.45, 2.75) is 87.5 Å². The molecule has 2 rings (SSSR count). The summed E-state index contributed by atoms with van der Waals surface area (Å²) < 4.78 is 31.8. The molecule has 0 radical (unpaired) electrons. The van der Waals surface area contributed by atoms with Crippen molar-refractivity contribution in [2.75, 3.05) is 20.3 Å². The Labute approximate surface area is 207 Å². The normalized spacial score (nSPS) is 40.5. The van der Waals surface area contributed by atoms with Crippen molar-refractivity contribution in [1.29, 1.82) is 0 Å². The summed E-state index contributed by atoms with van der Waals surface area (Å²) in [5, 5.41) is 71.5. The number of carbonyl (C=O) groups excluding carboxylic acids is 2. The van der Waals surface area contributed by atoms with Crippen LogP contribution in [0.15, 0.2) is 0 Å². The van der Waals surface area contributed by atoms with Crippen LogP contribution in [0.2, 0.25) is 0 Å². The van der Waals surface area contributed by atoms with Crippen molar-refractivity contribution in [3.8, 4) is 0 Å². The monoisotopic (exact) mass is 528 g/mol. The molecule has 0 aromatic carbocycles. The van der Waals surface area contributed by atoms with Gasteiger partial charge in [-0.25, -0.2) is 0 Å². The van der Waals surface area contributed by atoms with Crippen LogP contribution in [0.25, 0.3) is 0 Å². The Morgan fingerprint density at radius 1 is 0.861 bits per heavy atom. The zero-order valence-corrected chi connectivity index (χ0v) is 20.2. The summed E-state index contributed by atoms with van der Waals surface area (Å²) in [6.45, 7) is 1.19. The summed E-state index contributed by atoms with van der Waals surface area (Å²) in [5.41, 5.74) is 0. The van der Waals surface area contributed by atoms with Gasteiger partial charge >= 0.3 is 11.9 Å². The fraction of sp³-hybridized carbons (Fsp3) is 0.905. The Hall–Kier alpha value is -1.50. The van der Waals surface area contributed by atoms with Gasteiger partial charge in [-0.3, -0.25) is 9.59 Å². The maximum Gasteiger partial charge on any atom is 0.332 e. The molecule has 2 fully saturated rings. The topological polar surface area (TPSA) is 231 Å². The molecule has 2 aliphatic rings. The zero-order valence-electron chi connectivity index (χ0n) is 20.2. The van der Waals surface area contributed by atoms with E-state index in [4.69, 9.17) is 28.4 Å². The SMILES string of the molecule is CO[C@]1(OC=O)C[C@@H](O)[C@@H](C)C([C@H](O)[C@@H](CO)O[C@]2(OC=O)C[C@@H](O)[C@@H](C)C([C@H](O)[C@H](O)CO)O2)O1. The lowest BCUT2D eigenvalue weighted by Crippen LogP contribution is -2.63. The molecule has 0 aliphatic carbocycles. The molecule has 0 aromatic rings. The first-order chi connectivity index (χ1) is 16.9. The minimum Gasteiger partial charge on any atom is -0.410 e. The number of aliphatic hydroxyl groups is 7. The van der Waals surface area contributed by atoms with Crippen molar-refractivity contribution >= 4 is 12.9 Å². The maximum absolute atomic E-state index is 11.3. The minimum absolute atomic E-state index is 0.0350. The fourth-order valence-electron chi connectivity index (χ4n) is 4.37. The van der Waals surface area contributed by atoms with E-state index in [0.29, 0.717) is 0 Å². The number of methoxy groups -OCH3 is 1. The van der Waals surface area contributed by atoms with E-state index in [0.717, 1.165) is 7.11 Å². The van der Waals surface area contributed by atoms with Gasteiger partial charge in [-0.15, -0.1) is 0 Å². The number of hydrogen-bond acceptors (Lipinski definition) is 15. The van der Waals surface area contributed by atoms with Crippen LogP contribution in [-0.4, -0.2) is 130 Å². The molecule has 0 aromatic heterocycles. The molecule has 7 N–H and O–H groups in total. The average Bonchev–Trinajstić information content (AvgIpc) is 2.86. The Balaban J connectivity index is 2.34. The summed E-state index contributed by atoms with van der Waals surface area (Å²) >= 11 is 0. The molecular formula is C21H36O15. The molecule has 210 valence electrons. The number of hydrogen-bond donors (Lipinski definition) is 7. The van der Waals surface area contributed by atoms with Gasteiger partial charge in [0.25, 0.3) is 12.9 Å². The van der Waals surface area contributed by atoms with E-state index < -0.39 is 92.2 Å². The lowest BCUT2D eigenvalue weighted by Gasteiger charge is -2.49. The third kappa shape index (κ3) is 6.49. The van der Waals surface area contributed by atoms with Crippen LogP contribution >= 0.6 is 0 Å². The van der Waals surface area contributed by atoms with Crippen molar-refractivity contribution in [1.82, 2.24) is 0 Å². The summed E-state index contributed by atoms with van der Waals surface area (Å²) in [5.74, 6) is -6.12. The first-order valence-corrected chi connectivity index (χ1v) is 11.4. The molecule has 2 saturated heterocycles. The van der Waals surface area contributed by atoms with Crippen molar-refractivity contribution in [3.05, 3.63) is 0 Å². The largest absolute Gasteiger partial charge is 0.410 e. The first-order valence-electron chi connectivity index (χ1n) is 11.4. The van der Waals surface area contributed by atoms with Crippen molar-refractivity contribution in [3.63, 3.8) is 0 Å². The van der Waals surface area contributed by atoms with Crippen LogP contribution in [0.3, 0.4) is 0 Å². The smallest absolute Gasteiger partial charge is 0.332 e. The average molecular weight is 529 g/mol. The van der Waals surface area contributed by atoms with E-state index in [9.17, 15) is 45.3 Å². The molecule has 0 spiro atoms. The summed E-state index contributed by atoms with van der Waals surface area (Å²) in [4.78, 5) is 22.2. The zero-order chi connectivity index (χ0) is 27.3. The van der Waals surface area contributed by atoms with Crippen molar-refractivity contribution < 1.29 is 73.8 Å². The van der Waals surface area contributed by atoms with Crippen LogP contribution in [0.4, 0.5) is 0 Å². The van der Waals surface area contributed by atoms with Crippen LogP contribution in [0.1, 0.15) is 26.7 Å². The van der Waals surface area contributed by atoms with Crippen LogP contribution < -0.4 is 0 Å². The molecule has 2 heterocycles. The van der Waals surface area contributed by atoms with E-state index in [-0.39, 0.29) is 19.4 Å². The number of aliphatic hydroxyl groups excluding tert-OH is 7. The van der Waals surface area contributed by atoms with Gasteiger partial charge in [-0.1, -0.05) is 13.8 Å². The second-order valence-corrected chi connectivity index (χ2v) is 8.99. The summed E-state index contributed by atoms with van der Waals surface area (Å²) in [7, 11) is 1.15. The summed E-state index contributed by atoms with van der Waals surface area (Å²) in [6.07, 6.45) is -12.9. The number of ether oxygens (including phenoxy) is 6. The van der Waals surface area contributed by atoms with E-state index in [1.165, 1.54) is 13.8 Å². The third-order valence-electron chi connectivity index (χ3n) is 6.71. The van der Waals surface area contributed by atoms with Crippen LogP contribution in [-0.2, 0) is 38.0 Å². The number of carbonyl (C=O) groups is 2. The molecule has 0 saturated carbocycles. The molecule has 2 aliphatic heterocycles. The molecule has 36 heavy (non-hydrogen) atoms. The Bertz CT molecular complexity index is 711. The van der Waals surface area contributed by atoms with Gasteiger partial charge in [-0.05, 0) is 0 Å². The Morgan fingerprint density at radius 2 is 1.33 bits per heavy atom. The molecular weight excluding hydrogens is 492 g/mol. The summed E-state index contributed by atoms with van der Waals surface area (Å²) in [6, 6.07) is 0. The molecule has 15 nitrogen and oxygen atoms in total. The second-order valence-electron chi connectivity index (χ2n) is 8.99. The maximum atomic E-state index is 11.3. The van der Waals surface area contributed by atoms with Crippen LogP contribution in [0, 0.1) is 11.8 Å². The molecule has 12 atom stereocenters. The Morgan fingerprint density at radius 3 is 1.81 bits per heavy atom. The van der Waals surface area contributed by atoms with Gasteiger partial charge in [0.05, 0.1) is 50.5 Å². The lowest BCUT2D eigenvalue weighted by molar-refractivity contribution is -0.439. The second kappa shape index (κ2) is 12.8. The van der Waals surface area contributed by atoms with E-state index in [2.05, 4.69) is 0 Å². The van der Waals surface area contributed by atoms with Gasteiger partial charge in [0.15, 0.2) is 0 Å². The van der Waals surface area contributed by atoms with E-state index in [1.54, 1.807) is 0 Å². The van der Waals surface area contributed by atoms with E-state index in [1.807, 2.05) is 0 Å². The van der Waals surface area contributed by atoms with Gasteiger partial charge in [0, 0.05) is 18.9 Å². The molecule has 0 bridgehead atoms. The highest BCUT2D eigenvalue weighted by molar-refractivity contribution is 5.38. The van der Waals surface area contributed by atoms with Crippen molar-refractivity contribution in [2.24, 2.45) is 11.8 Å². The van der Waals surface area contributed by atoms with Gasteiger partial charge in [-0.2, -0.15) is 0 Å². The quantitative estimate of drug-likeness (QED) is 0.0901. The molecule has 15 heteroatoms. The van der Waals surface area contributed by atoms with Gasteiger partial charge < -0.3 is 64.2 Å². The Kier molecular flexibility index (Phi) is 11.0. The number of rotatable bonds is 13. The standard InChI is InChI=1S/C21H36O15/c1-10-13(27)5-21(33-9-25,36-18(10)16(29)14(28)6-22)34-15(7-23)17(30)19-11(2)12(26)4-20(31-3,35-19)32-8-24/h8-19,22-23,26-30H,4-7H2,1-3H3/t10-,11-,12-,13-,14-,15-,16-,17-,18?,19?,20+,21-/m1/s1. The van der Waals surface area contributed by atoms with E-state index >= 15 is 0 Å². The van der Waals surface area contributed by atoms with Crippen LogP contribution in [0.5, 0.6) is 0 Å². The third-order valence-corrected chi connectivity index (χ3v) is 6.71. The highest BCUT2D eigenvalue weighted by Gasteiger charge is 2.55. The fourth-order valence-corrected chi connectivity index (χ4v) is 4.37.